The molecule has 190 valence electrons. The van der Waals surface area contributed by atoms with E-state index in [1.54, 1.807) is 12.1 Å². The fourth-order valence-corrected chi connectivity index (χ4v) is 4.60. The van der Waals surface area contributed by atoms with Crippen LogP contribution in [0, 0.1) is 17.2 Å². The highest BCUT2D eigenvalue weighted by Crippen LogP contribution is 2.57. The summed E-state index contributed by atoms with van der Waals surface area (Å²) in [6.45, 7) is 2.73. The lowest BCUT2D eigenvalue weighted by Gasteiger charge is -2.19. The Balaban J connectivity index is 1.45. The van der Waals surface area contributed by atoms with Gasteiger partial charge in [-0.15, -0.1) is 0 Å². The summed E-state index contributed by atoms with van der Waals surface area (Å²) in [7, 11) is 3.92. The van der Waals surface area contributed by atoms with Gasteiger partial charge in [0.25, 0.3) is 0 Å². The smallest absolute Gasteiger partial charge is 0.144 e. The van der Waals surface area contributed by atoms with E-state index >= 15 is 0 Å². The maximum Gasteiger partial charge on any atom is 0.144 e. The molecule has 0 bridgehead atoms. The number of likely N-dealkylation sites (N-methyl/N-ethyl adjacent to an activating group) is 1. The summed E-state index contributed by atoms with van der Waals surface area (Å²) in [5, 5.41) is 17.6. The minimum Gasteiger partial charge on any atom is -0.491 e. The van der Waals surface area contributed by atoms with Crippen molar-refractivity contribution in [3.05, 3.63) is 59.7 Å². The number of nitrogens with one attached hydrogen (secondary N) is 2. The molecule has 2 heterocycles. The number of hydrogen-bond donors (Lipinski definition) is 3. The molecule has 3 atom stereocenters. The molecule has 1 aliphatic heterocycles. The molecule has 3 aromatic rings. The number of aromatic nitrogens is 2. The maximum atomic E-state index is 13.6. The number of hydrogen-bond acceptors (Lipinski definition) is 8. The van der Waals surface area contributed by atoms with Gasteiger partial charge in [0.05, 0.1) is 36.0 Å². The zero-order valence-electron chi connectivity index (χ0n) is 20.2. The summed E-state index contributed by atoms with van der Waals surface area (Å²) < 4.78 is 25.5. The molecule has 3 unspecified atom stereocenters. The van der Waals surface area contributed by atoms with E-state index in [9.17, 15) is 9.50 Å². The lowest BCUT2D eigenvalue weighted by Crippen LogP contribution is -2.20. The van der Waals surface area contributed by atoms with Gasteiger partial charge in [0.1, 0.15) is 29.9 Å². The van der Waals surface area contributed by atoms with E-state index in [1.807, 2.05) is 37.2 Å². The SMILES string of the molecule is CN(C)CC=CC(O)Nc1cc2c(Nc3ccc(F)c(Cl)c3)ncnc2cc1OCC12COCC1C2. The molecule has 0 amide bonds. The summed E-state index contributed by atoms with van der Waals surface area (Å²) in [6, 6.07) is 8.05. The van der Waals surface area contributed by atoms with Gasteiger partial charge >= 0.3 is 0 Å². The van der Waals surface area contributed by atoms with Crippen LogP contribution in [0.4, 0.5) is 21.6 Å². The first-order valence-corrected chi connectivity index (χ1v) is 12.2. The van der Waals surface area contributed by atoms with Gasteiger partial charge in [-0.2, -0.15) is 0 Å². The number of benzene rings is 2. The molecular formula is C26H29ClFN5O3. The predicted molar refractivity (Wildman–Crippen MR) is 138 cm³/mol. The highest BCUT2D eigenvalue weighted by Gasteiger charge is 2.59. The first kappa shape index (κ1) is 24.7. The van der Waals surface area contributed by atoms with Gasteiger partial charge in [0.2, 0.25) is 0 Å². The van der Waals surface area contributed by atoms with E-state index in [4.69, 9.17) is 21.1 Å². The molecule has 10 heteroatoms. The van der Waals surface area contributed by atoms with Crippen LogP contribution in [0.2, 0.25) is 5.02 Å². The van der Waals surface area contributed by atoms with E-state index in [0.29, 0.717) is 59.5 Å². The number of anilines is 3. The Morgan fingerprint density at radius 3 is 2.92 bits per heavy atom. The highest BCUT2D eigenvalue weighted by molar-refractivity contribution is 6.31. The van der Waals surface area contributed by atoms with Crippen LogP contribution >= 0.6 is 11.6 Å². The number of aliphatic hydroxyl groups is 1. The summed E-state index contributed by atoms with van der Waals surface area (Å²) >= 11 is 5.95. The largest absolute Gasteiger partial charge is 0.491 e. The molecule has 1 saturated heterocycles. The second kappa shape index (κ2) is 10.2. The molecule has 2 aromatic carbocycles. The lowest BCUT2D eigenvalue weighted by atomic mass is 10.1. The van der Waals surface area contributed by atoms with E-state index in [0.717, 1.165) is 13.0 Å². The van der Waals surface area contributed by atoms with Crippen molar-refractivity contribution in [1.29, 1.82) is 0 Å². The first-order chi connectivity index (χ1) is 17.3. The fourth-order valence-electron chi connectivity index (χ4n) is 4.42. The Hall–Kier alpha value is -2.98. The molecule has 3 N–H and O–H groups in total. The minimum absolute atomic E-state index is 0.0117. The lowest BCUT2D eigenvalue weighted by molar-refractivity contribution is 0.124. The van der Waals surface area contributed by atoms with Crippen molar-refractivity contribution in [2.75, 3.05) is 51.1 Å². The average molecular weight is 514 g/mol. The van der Waals surface area contributed by atoms with Crippen LogP contribution < -0.4 is 15.4 Å². The summed E-state index contributed by atoms with van der Waals surface area (Å²) in [4.78, 5) is 10.8. The summed E-state index contributed by atoms with van der Waals surface area (Å²) in [5.74, 6) is 1.16. The number of rotatable bonds is 10. The Morgan fingerprint density at radius 2 is 2.19 bits per heavy atom. The van der Waals surface area contributed by atoms with Crippen LogP contribution in [0.3, 0.4) is 0 Å². The summed E-state index contributed by atoms with van der Waals surface area (Å²) in [5.41, 5.74) is 1.93. The van der Waals surface area contributed by atoms with Gasteiger partial charge in [0, 0.05) is 29.1 Å². The molecule has 1 saturated carbocycles. The number of halogens is 2. The van der Waals surface area contributed by atoms with Gasteiger partial charge in [-0.05, 0) is 56.8 Å². The van der Waals surface area contributed by atoms with Crippen LogP contribution in [0.15, 0.2) is 48.8 Å². The summed E-state index contributed by atoms with van der Waals surface area (Å²) in [6.07, 6.45) is 5.21. The molecule has 36 heavy (non-hydrogen) atoms. The number of nitrogens with zero attached hydrogens (tertiary/aromatic N) is 3. The van der Waals surface area contributed by atoms with Gasteiger partial charge in [-0.1, -0.05) is 17.7 Å². The predicted octanol–water partition coefficient (Wildman–Crippen LogP) is 4.43. The molecular weight excluding hydrogens is 485 g/mol. The molecule has 0 radical (unpaired) electrons. The van der Waals surface area contributed by atoms with Crippen molar-refractivity contribution in [1.82, 2.24) is 14.9 Å². The normalized spacial score (nSPS) is 21.7. The van der Waals surface area contributed by atoms with Crippen LogP contribution in [-0.4, -0.2) is 66.7 Å². The van der Waals surface area contributed by atoms with Crippen molar-refractivity contribution < 1.29 is 19.0 Å². The van der Waals surface area contributed by atoms with Gasteiger partial charge < -0.3 is 30.1 Å². The van der Waals surface area contributed by atoms with E-state index in [2.05, 4.69) is 20.6 Å². The van der Waals surface area contributed by atoms with Crippen LogP contribution in [0.5, 0.6) is 5.75 Å². The van der Waals surface area contributed by atoms with Crippen molar-refractivity contribution in [3.8, 4) is 5.75 Å². The van der Waals surface area contributed by atoms with Crippen LogP contribution in [0.1, 0.15) is 6.42 Å². The van der Waals surface area contributed by atoms with E-state index in [1.165, 1.54) is 18.5 Å². The van der Waals surface area contributed by atoms with Crippen LogP contribution in [-0.2, 0) is 4.74 Å². The fraction of sp³-hybridized carbons (Fsp3) is 0.385. The van der Waals surface area contributed by atoms with Gasteiger partial charge in [-0.3, -0.25) is 0 Å². The number of fused-ring (bicyclic) bond motifs is 2. The van der Waals surface area contributed by atoms with Crippen molar-refractivity contribution in [3.63, 3.8) is 0 Å². The monoisotopic (exact) mass is 513 g/mol. The highest BCUT2D eigenvalue weighted by atomic mass is 35.5. The minimum atomic E-state index is -0.927. The third kappa shape index (κ3) is 5.39. The van der Waals surface area contributed by atoms with E-state index < -0.39 is 12.0 Å². The number of aliphatic hydroxyl groups excluding tert-OH is 1. The Bertz CT molecular complexity index is 1290. The topological polar surface area (TPSA) is 91.8 Å². The van der Waals surface area contributed by atoms with E-state index in [-0.39, 0.29) is 10.4 Å². The molecule has 0 spiro atoms. The quantitative estimate of drug-likeness (QED) is 0.271. The van der Waals surface area contributed by atoms with Crippen molar-refractivity contribution >= 4 is 39.7 Å². The van der Waals surface area contributed by atoms with Crippen LogP contribution in [0.25, 0.3) is 10.9 Å². The van der Waals surface area contributed by atoms with Crippen molar-refractivity contribution in [2.24, 2.45) is 11.3 Å². The molecule has 1 aromatic heterocycles. The number of ether oxygens (including phenoxy) is 2. The Labute approximate surface area is 214 Å². The molecule has 5 rings (SSSR count). The third-order valence-electron chi connectivity index (χ3n) is 6.59. The Morgan fingerprint density at radius 1 is 1.33 bits per heavy atom. The standard InChI is InChI=1S/C26H29ClFN5O3/c1-33(2)7-3-4-24(34)32-22-9-18-21(10-23(22)36-14-26-11-16(26)12-35-13-26)29-15-30-25(18)31-17-5-6-20(28)19(27)8-17/h3-6,8-10,15-16,24,32,34H,7,11-14H2,1-2H3,(H,29,30,31). The zero-order chi connectivity index (χ0) is 25.3. The Kier molecular flexibility index (Phi) is 6.98. The molecule has 8 nitrogen and oxygen atoms in total. The van der Waals surface area contributed by atoms with Gasteiger partial charge in [-0.25, -0.2) is 14.4 Å². The third-order valence-corrected chi connectivity index (χ3v) is 6.88. The molecule has 2 aliphatic rings. The second-order valence-electron chi connectivity index (χ2n) is 9.69. The first-order valence-electron chi connectivity index (χ1n) is 11.8. The zero-order valence-corrected chi connectivity index (χ0v) is 20.9. The molecule has 2 fully saturated rings. The average Bonchev–Trinajstić information content (AvgIpc) is 3.38. The molecule has 1 aliphatic carbocycles. The van der Waals surface area contributed by atoms with Gasteiger partial charge in [0.15, 0.2) is 0 Å². The second-order valence-corrected chi connectivity index (χ2v) is 10.1. The van der Waals surface area contributed by atoms with Crippen molar-refractivity contribution in [2.45, 2.75) is 12.6 Å². The maximum absolute atomic E-state index is 13.6.